The van der Waals surface area contributed by atoms with Crippen molar-refractivity contribution in [2.24, 2.45) is 11.8 Å². The minimum atomic E-state index is -0.949. The van der Waals surface area contributed by atoms with Crippen LogP contribution in [0.3, 0.4) is 0 Å². The van der Waals surface area contributed by atoms with Crippen molar-refractivity contribution in [3.05, 3.63) is 11.3 Å². The van der Waals surface area contributed by atoms with Gasteiger partial charge in [-0.1, -0.05) is 195 Å². The number of hydrogen-bond acceptors (Lipinski definition) is 10. The minimum Gasteiger partial charge on any atom is -0.491 e. The number of carbonyl (C=O) groups is 2. The van der Waals surface area contributed by atoms with Crippen LogP contribution in [0.2, 0.25) is 0 Å². The predicted molar refractivity (Wildman–Crippen MR) is 303 cm³/mol. The first-order chi connectivity index (χ1) is 35.0. The Morgan fingerprint density at radius 1 is 0.486 bits per heavy atom. The van der Waals surface area contributed by atoms with Crippen LogP contribution < -0.4 is 0 Å². The molecule has 10 heteroatoms. The van der Waals surface area contributed by atoms with E-state index in [1.807, 2.05) is 35.1 Å². The fourth-order valence-corrected chi connectivity index (χ4v) is 10.1. The van der Waals surface area contributed by atoms with Crippen LogP contribution in [0.15, 0.2) is 11.3 Å². The number of hydrogen-bond donors (Lipinski definition) is 0. The van der Waals surface area contributed by atoms with Crippen LogP contribution in [0.25, 0.3) is 0 Å². The van der Waals surface area contributed by atoms with Gasteiger partial charge in [0, 0.05) is 44.8 Å². The molecule has 1 unspecified atom stereocenters. The fraction of sp³-hybridized carbons (Fsp3) is 0.935. The lowest BCUT2D eigenvalue weighted by Gasteiger charge is -2.27. The number of esters is 2. The Hall–Kier alpha value is -1.72. The molecule has 0 N–H and O–H groups in total. The van der Waals surface area contributed by atoms with E-state index in [0.29, 0.717) is 31.6 Å². The van der Waals surface area contributed by atoms with Crippen molar-refractivity contribution < 1.29 is 38.0 Å². The van der Waals surface area contributed by atoms with E-state index in [1.54, 1.807) is 0 Å². The standard InChI is InChI=1S/C62H120N2O8/c1-10-14-28-38-55(39-29-15-11-2)45-52-67-49-33-25-21-18-20-24-32-42-57-60(61(71-59(66)44-37-48-64(8)9)72-62(57,5)54-70-58(65)43-36-47-63(6)7)69-51-35-27-23-19-22-26-34-50-68-53-46-56(40-30-16-12-3)41-31-17-13-4/h55-56,61H,10-54H2,1-9H3/t61-,62?/m1/s1. The minimum absolute atomic E-state index is 0.0643. The highest BCUT2D eigenvalue weighted by atomic mass is 16.7. The van der Waals surface area contributed by atoms with E-state index in [0.717, 1.165) is 115 Å². The summed E-state index contributed by atoms with van der Waals surface area (Å²) in [6, 6.07) is 0. The van der Waals surface area contributed by atoms with Crippen molar-refractivity contribution in [3.8, 4) is 0 Å². The van der Waals surface area contributed by atoms with Crippen molar-refractivity contribution in [2.45, 2.75) is 284 Å². The molecule has 0 bridgehead atoms. The molecule has 10 nitrogen and oxygen atoms in total. The molecule has 0 aromatic rings. The molecule has 0 radical (unpaired) electrons. The first-order valence-corrected chi connectivity index (χ1v) is 30.8. The Balaban J connectivity index is 2.75. The van der Waals surface area contributed by atoms with E-state index in [1.165, 1.54) is 161 Å². The van der Waals surface area contributed by atoms with Crippen LogP contribution in [0, 0.1) is 11.8 Å². The van der Waals surface area contributed by atoms with Crippen LogP contribution >= 0.6 is 0 Å². The molecule has 0 saturated carbocycles. The molecule has 0 fully saturated rings. The Morgan fingerprint density at radius 3 is 1.32 bits per heavy atom. The third-order valence-electron chi connectivity index (χ3n) is 14.8. The SMILES string of the molecule is CCCCCC(CCCCC)CCOCCCCCCCCCOC1=C(CCCCCCCCCOCCC(CCCCC)CCCCC)C(C)(COC(=O)CCCN(C)C)O[C@H]1OC(=O)CCCN(C)C. The third-order valence-corrected chi connectivity index (χ3v) is 14.8. The van der Waals surface area contributed by atoms with Gasteiger partial charge in [-0.15, -0.1) is 0 Å². The molecule has 426 valence electrons. The van der Waals surface area contributed by atoms with Crippen molar-refractivity contribution in [1.29, 1.82) is 0 Å². The smallest absolute Gasteiger partial charge is 0.308 e. The average molecular weight is 1020 g/mol. The Morgan fingerprint density at radius 2 is 0.889 bits per heavy atom. The van der Waals surface area contributed by atoms with Gasteiger partial charge in [-0.2, -0.15) is 0 Å². The highest BCUT2D eigenvalue weighted by molar-refractivity contribution is 5.70. The first kappa shape index (κ1) is 68.3. The zero-order valence-corrected chi connectivity index (χ0v) is 49.2. The second-order valence-corrected chi connectivity index (χ2v) is 22.6. The molecular weight excluding hydrogens is 901 g/mol. The van der Waals surface area contributed by atoms with Gasteiger partial charge in [0.1, 0.15) is 12.2 Å². The summed E-state index contributed by atoms with van der Waals surface area (Å²) in [5.74, 6) is 1.74. The highest BCUT2D eigenvalue weighted by Crippen LogP contribution is 2.41. The number of rotatable bonds is 54. The zero-order valence-electron chi connectivity index (χ0n) is 49.2. The molecule has 1 rings (SSSR count). The summed E-state index contributed by atoms with van der Waals surface area (Å²) in [5.41, 5.74) is 0.0245. The van der Waals surface area contributed by atoms with E-state index >= 15 is 0 Å². The van der Waals surface area contributed by atoms with E-state index in [2.05, 4.69) is 37.5 Å². The predicted octanol–water partition coefficient (Wildman–Crippen LogP) is 16.4. The zero-order chi connectivity index (χ0) is 52.8. The van der Waals surface area contributed by atoms with Gasteiger partial charge in [-0.05, 0) is 118 Å². The van der Waals surface area contributed by atoms with Crippen LogP contribution in [-0.2, 0) is 38.0 Å². The number of unbranched alkanes of at least 4 members (excludes halogenated alkanes) is 20. The number of ether oxygens (including phenoxy) is 6. The van der Waals surface area contributed by atoms with Crippen molar-refractivity contribution >= 4 is 11.9 Å². The molecule has 0 saturated heterocycles. The van der Waals surface area contributed by atoms with E-state index in [4.69, 9.17) is 28.4 Å². The Bertz CT molecular complexity index is 1260. The molecule has 2 atom stereocenters. The molecule has 0 aliphatic carbocycles. The first-order valence-electron chi connectivity index (χ1n) is 30.8. The maximum atomic E-state index is 13.2. The normalized spacial score (nSPS) is 16.1. The topological polar surface area (TPSA) is 96.0 Å². The monoisotopic (exact) mass is 1020 g/mol. The average Bonchev–Trinajstić information content (AvgIpc) is 3.60. The molecular formula is C62H120N2O8. The van der Waals surface area contributed by atoms with Gasteiger partial charge in [0.05, 0.1) is 6.61 Å². The van der Waals surface area contributed by atoms with Gasteiger partial charge >= 0.3 is 11.9 Å². The summed E-state index contributed by atoms with van der Waals surface area (Å²) in [4.78, 5) is 30.4. The number of nitrogens with zero attached hydrogens (tertiary/aromatic N) is 2. The maximum absolute atomic E-state index is 13.2. The van der Waals surface area contributed by atoms with Crippen molar-refractivity contribution in [3.63, 3.8) is 0 Å². The maximum Gasteiger partial charge on any atom is 0.308 e. The number of carbonyl (C=O) groups excluding carboxylic acids is 2. The van der Waals surface area contributed by atoms with E-state index < -0.39 is 11.9 Å². The molecule has 0 aromatic heterocycles. The lowest BCUT2D eigenvalue weighted by atomic mass is 9.91. The van der Waals surface area contributed by atoms with E-state index in [9.17, 15) is 9.59 Å². The molecule has 72 heavy (non-hydrogen) atoms. The summed E-state index contributed by atoms with van der Waals surface area (Å²) in [6.45, 7) is 17.0. The Labute approximate surface area is 446 Å². The lowest BCUT2D eigenvalue weighted by molar-refractivity contribution is -0.197. The second kappa shape index (κ2) is 47.7. The van der Waals surface area contributed by atoms with Crippen LogP contribution in [0.1, 0.15) is 272 Å². The van der Waals surface area contributed by atoms with Gasteiger partial charge in [0.25, 0.3) is 6.29 Å². The molecule has 1 aliphatic rings. The van der Waals surface area contributed by atoms with Crippen LogP contribution in [0.5, 0.6) is 0 Å². The van der Waals surface area contributed by atoms with Gasteiger partial charge in [0.15, 0.2) is 5.76 Å². The Kier molecular flexibility index (Phi) is 45.3. The van der Waals surface area contributed by atoms with E-state index in [-0.39, 0.29) is 18.5 Å². The molecule has 0 amide bonds. The largest absolute Gasteiger partial charge is 0.491 e. The van der Waals surface area contributed by atoms with Gasteiger partial charge in [0.2, 0.25) is 0 Å². The van der Waals surface area contributed by atoms with Gasteiger partial charge in [-0.25, -0.2) is 0 Å². The van der Waals surface area contributed by atoms with Crippen molar-refractivity contribution in [2.75, 3.05) is 80.9 Å². The molecule has 1 heterocycles. The summed E-state index contributed by atoms with van der Waals surface area (Å²) in [5, 5.41) is 0. The molecule has 0 spiro atoms. The second-order valence-electron chi connectivity index (χ2n) is 22.6. The summed E-state index contributed by atoms with van der Waals surface area (Å²) in [7, 11) is 8.03. The summed E-state index contributed by atoms with van der Waals surface area (Å²) >= 11 is 0. The highest BCUT2D eigenvalue weighted by Gasteiger charge is 2.47. The van der Waals surface area contributed by atoms with Crippen LogP contribution in [0.4, 0.5) is 0 Å². The van der Waals surface area contributed by atoms with Crippen LogP contribution in [-0.4, -0.2) is 115 Å². The lowest BCUT2D eigenvalue weighted by Crippen LogP contribution is -2.37. The quantitative estimate of drug-likeness (QED) is 0.0433. The molecule has 1 aliphatic heterocycles. The fourth-order valence-electron chi connectivity index (χ4n) is 10.1. The summed E-state index contributed by atoms with van der Waals surface area (Å²) < 4.78 is 37.5. The summed E-state index contributed by atoms with van der Waals surface area (Å²) in [6.07, 6.45) is 41.8. The third kappa shape index (κ3) is 37.9. The molecule has 0 aromatic carbocycles. The van der Waals surface area contributed by atoms with Crippen molar-refractivity contribution in [1.82, 2.24) is 9.80 Å². The van der Waals surface area contributed by atoms with Gasteiger partial charge < -0.3 is 38.2 Å². The van der Waals surface area contributed by atoms with Gasteiger partial charge in [-0.3, -0.25) is 9.59 Å².